The van der Waals surface area contributed by atoms with Crippen molar-refractivity contribution in [1.29, 1.82) is 10.5 Å². The van der Waals surface area contributed by atoms with Crippen LogP contribution in [-0.4, -0.2) is 88.6 Å². The zero-order chi connectivity index (χ0) is 62.3. The topological polar surface area (TPSA) is 216 Å². The molecule has 15 nitrogen and oxygen atoms in total. The molecule has 0 fully saturated rings. The number of nitriles is 2. The number of halogens is 4. The van der Waals surface area contributed by atoms with Crippen molar-refractivity contribution in [3.63, 3.8) is 0 Å². The van der Waals surface area contributed by atoms with Crippen LogP contribution in [0.4, 0.5) is 28.9 Å². The number of alkyl halides is 4. The first-order valence-corrected chi connectivity index (χ1v) is 28.0. The number of hydrogen-bond acceptors (Lipinski definition) is 12. The monoisotopic (exact) mass is 1180 g/mol. The summed E-state index contributed by atoms with van der Waals surface area (Å²) in [6, 6.07) is 39.9. The molecule has 0 spiro atoms. The largest absolute Gasteiger partial charge is 0.744 e. The molecule has 0 saturated heterocycles. The van der Waals surface area contributed by atoms with Gasteiger partial charge in [-0.25, -0.2) is 25.6 Å². The van der Waals surface area contributed by atoms with Gasteiger partial charge in [0.1, 0.15) is 81.5 Å². The van der Waals surface area contributed by atoms with Gasteiger partial charge in [0, 0.05) is 57.5 Å². The molecule has 7 aromatic carbocycles. The molecule has 0 aliphatic carbocycles. The highest BCUT2D eigenvalue weighted by Crippen LogP contribution is 2.50. The average molecular weight is 1180 g/mol. The predicted octanol–water partition coefficient (Wildman–Crippen LogP) is 11.1. The Kier molecular flexibility index (Phi) is 19.4. The van der Waals surface area contributed by atoms with Gasteiger partial charge in [-0.2, -0.15) is 33.6 Å². The van der Waals surface area contributed by atoms with Crippen LogP contribution >= 0.6 is 0 Å². The number of aliphatic hydroxyl groups is 1. The van der Waals surface area contributed by atoms with Gasteiger partial charge in [0.15, 0.2) is 5.71 Å². The summed E-state index contributed by atoms with van der Waals surface area (Å²) in [6.45, 7) is 23.7. The number of benzene rings is 7. The molecule has 2 aliphatic heterocycles. The maximum absolute atomic E-state index is 11.3. The first-order chi connectivity index (χ1) is 39.5. The maximum atomic E-state index is 11.3. The predicted molar refractivity (Wildman–Crippen MR) is 312 cm³/mol. The van der Waals surface area contributed by atoms with E-state index in [0.29, 0.717) is 0 Å². The van der Waals surface area contributed by atoms with E-state index in [1.165, 1.54) is 112 Å². The van der Waals surface area contributed by atoms with E-state index < -0.39 is 49.0 Å². The molecule has 0 bridgehead atoms. The van der Waals surface area contributed by atoms with Gasteiger partial charge in [-0.1, -0.05) is 110 Å². The number of rotatable bonds is 9. The summed E-state index contributed by atoms with van der Waals surface area (Å²) in [5.41, 5.74) is 9.03. The minimum absolute atomic E-state index is 0.0729. The SMILES string of the molecule is CC(C=CC1=[N+](C)c2ccc3ccccc3c2C1(C)C)=CC=C1N(C)c2ccc3ccccc3c2C1(C)C.O=S(=O)([O-])c1cccc2c(S(=O)(=O)[O-])cccc12.OCC(F)(F)C(F)F.[C-]#[N+]C([N+]#[C-])=c1cc(OC)c(=C(C#N)C#N)cc1OC. The molecule has 432 valence electrons. The van der Waals surface area contributed by atoms with Crippen LogP contribution in [-0.2, 0) is 31.1 Å². The number of hydrogen-bond donors (Lipinski definition) is 1. The van der Waals surface area contributed by atoms with Gasteiger partial charge in [0.05, 0.1) is 29.4 Å². The molecule has 0 amide bonds. The lowest BCUT2D eigenvalue weighted by Gasteiger charge is -2.24. The number of methoxy groups -OCH3 is 2. The Morgan fingerprint density at radius 3 is 1.69 bits per heavy atom. The van der Waals surface area contributed by atoms with Crippen molar-refractivity contribution in [3.8, 4) is 23.6 Å². The number of ether oxygens (including phenoxy) is 2. The molecule has 0 unspecified atom stereocenters. The van der Waals surface area contributed by atoms with E-state index in [9.17, 15) is 43.5 Å². The third-order valence-electron chi connectivity index (χ3n) is 14.2. The Morgan fingerprint density at radius 2 is 1.23 bits per heavy atom. The van der Waals surface area contributed by atoms with Crippen LogP contribution in [0.2, 0.25) is 0 Å². The van der Waals surface area contributed by atoms with Crippen LogP contribution in [0.25, 0.3) is 53.4 Å². The van der Waals surface area contributed by atoms with E-state index in [-0.39, 0.29) is 54.9 Å². The van der Waals surface area contributed by atoms with Crippen LogP contribution in [0.5, 0.6) is 11.5 Å². The van der Waals surface area contributed by atoms with Gasteiger partial charge in [0.2, 0.25) is 5.69 Å². The molecule has 21 heteroatoms. The molecule has 1 N–H and O–H groups in total. The zero-order valence-electron chi connectivity index (χ0n) is 46.9. The number of nitrogens with zero attached hydrogens (tertiary/aromatic N) is 6. The van der Waals surface area contributed by atoms with Gasteiger partial charge in [0.25, 0.3) is 0 Å². The van der Waals surface area contributed by atoms with Crippen LogP contribution < -0.4 is 24.8 Å². The van der Waals surface area contributed by atoms with Gasteiger partial charge < -0.3 is 28.6 Å². The summed E-state index contributed by atoms with van der Waals surface area (Å²) in [7, 11) is -2.34. The molecule has 0 aromatic heterocycles. The molecular weight excluding hydrogens is 1120 g/mol. The van der Waals surface area contributed by atoms with Crippen LogP contribution in [0.15, 0.2) is 167 Å². The second-order valence-corrected chi connectivity index (χ2v) is 22.7. The number of anilines is 1. The summed E-state index contributed by atoms with van der Waals surface area (Å²) < 4.78 is 123. The fourth-order valence-electron chi connectivity index (χ4n) is 10.2. The summed E-state index contributed by atoms with van der Waals surface area (Å²) >= 11 is 0. The Balaban J connectivity index is 0.000000207. The Hall–Kier alpha value is -9.19. The Labute approximate surface area is 484 Å². The van der Waals surface area contributed by atoms with Crippen molar-refractivity contribution in [2.24, 2.45) is 0 Å². The highest BCUT2D eigenvalue weighted by molar-refractivity contribution is 7.86. The smallest absolute Gasteiger partial charge is 0.530 e. The highest BCUT2D eigenvalue weighted by Gasteiger charge is 2.44. The van der Waals surface area contributed by atoms with E-state index >= 15 is 0 Å². The van der Waals surface area contributed by atoms with E-state index in [1.807, 2.05) is 0 Å². The van der Waals surface area contributed by atoms with E-state index in [4.69, 9.17) is 38.2 Å². The first-order valence-electron chi connectivity index (χ1n) is 25.2. The minimum Gasteiger partial charge on any atom is -0.744 e. The average Bonchev–Trinajstić information content (AvgIpc) is 1.72. The van der Waals surface area contributed by atoms with Crippen molar-refractivity contribution >= 4 is 81.0 Å². The summed E-state index contributed by atoms with van der Waals surface area (Å²) in [5.74, 6) is -3.96. The van der Waals surface area contributed by atoms with Gasteiger partial charge in [-0.15, -0.1) is 0 Å². The van der Waals surface area contributed by atoms with Crippen molar-refractivity contribution in [3.05, 3.63) is 201 Å². The normalized spacial score (nSPS) is 14.7. The lowest BCUT2D eigenvalue weighted by Crippen LogP contribution is -2.30. The number of fused-ring (bicyclic) bond motifs is 7. The van der Waals surface area contributed by atoms with Crippen LogP contribution in [0.3, 0.4) is 0 Å². The molecule has 9 rings (SSSR count). The Bertz CT molecular complexity index is 4280. The lowest BCUT2D eigenvalue weighted by molar-refractivity contribution is -0.401. The summed E-state index contributed by atoms with van der Waals surface area (Å²) in [5, 5.41) is 31.0. The quantitative estimate of drug-likeness (QED) is 0.0470. The first kappa shape index (κ1) is 64.0. The van der Waals surface area contributed by atoms with Crippen LogP contribution in [0, 0.1) is 35.8 Å². The number of aliphatic hydroxyl groups excluding tert-OH is 1. The Morgan fingerprint density at radius 1 is 0.750 bits per heavy atom. The van der Waals surface area contributed by atoms with E-state index in [2.05, 4.69) is 165 Å². The zero-order valence-corrected chi connectivity index (χ0v) is 48.5. The molecule has 7 aromatic rings. The van der Waals surface area contributed by atoms with Gasteiger partial charge in [-0.3, -0.25) is 0 Å². The lowest BCUT2D eigenvalue weighted by atomic mass is 9.79. The van der Waals surface area contributed by atoms with Crippen LogP contribution in [0.1, 0.15) is 45.7 Å². The molecule has 0 atom stereocenters. The maximum Gasteiger partial charge on any atom is 0.530 e. The van der Waals surface area contributed by atoms with Crippen molar-refractivity contribution in [1.82, 2.24) is 0 Å². The minimum atomic E-state index is -4.74. The third-order valence-corrected chi connectivity index (χ3v) is 16.0. The summed E-state index contributed by atoms with van der Waals surface area (Å²) in [4.78, 5) is 7.49. The summed E-state index contributed by atoms with van der Waals surface area (Å²) in [6.07, 6.45) is 5.38. The fourth-order valence-corrected chi connectivity index (χ4v) is 11.6. The highest BCUT2D eigenvalue weighted by atomic mass is 32.2. The van der Waals surface area contributed by atoms with Gasteiger partial charge >= 0.3 is 18.2 Å². The van der Waals surface area contributed by atoms with Crippen molar-refractivity contribution in [2.75, 3.05) is 39.8 Å². The molecule has 84 heavy (non-hydrogen) atoms. The van der Waals surface area contributed by atoms with Gasteiger partial charge in [-0.05, 0) is 90.4 Å². The van der Waals surface area contributed by atoms with E-state index in [0.717, 1.165) is 12.1 Å². The second-order valence-electron chi connectivity index (χ2n) is 20.0. The van der Waals surface area contributed by atoms with Crippen molar-refractivity contribution in [2.45, 2.75) is 67.6 Å². The molecule has 0 radical (unpaired) electrons. The second kappa shape index (κ2) is 25.5. The molecular formula is C63H55F4N6O9S2-. The van der Waals surface area contributed by atoms with Crippen molar-refractivity contribution < 1.29 is 62.7 Å². The third kappa shape index (κ3) is 13.0. The number of likely N-dealkylation sites (N-methyl/N-ethyl adjacent to an activating group) is 1. The standard InChI is InChI=1S/C36H37N2.C14H8N4O2.C10H8O6S2.C3H4F4O/c1-24(16-22-31-35(2,3)33-27-14-10-8-12-25(27)18-20-29(33)37(31)6)17-23-32-36(4,5)34-28-15-11-9-13-26(28)19-21-30(34)38(32)7;1-17-14(18-2)11-6-12(19-3)10(5-13(11)20-4)9(7-15)8-16;11-17(12,13)9-5-1-3-7-8(9)4-2-6-10(7)18(14,15)16;4-2(5)3(6,7)1-8/h8-23H,1-7H3;5-6H,3-4H3;1-6H,(H,11,12,13)(H,14,15,16);2,8H,1H2/q+1;;;/p-2. The number of allylic oxidation sites excluding steroid dienone is 6. The molecule has 2 heterocycles. The van der Waals surface area contributed by atoms with E-state index in [1.54, 1.807) is 12.1 Å². The molecule has 0 saturated carbocycles. The fraction of sp³-hybridized carbons (Fsp3) is 0.222. The molecule has 2 aliphatic rings.